The van der Waals surface area contributed by atoms with Crippen LogP contribution in [0.15, 0.2) is 30.6 Å². The summed E-state index contributed by atoms with van der Waals surface area (Å²) in [4.78, 5) is 23.1. The molecule has 0 bridgehead atoms. The molecule has 1 aromatic heterocycles. The second-order valence-corrected chi connectivity index (χ2v) is 6.43. The van der Waals surface area contributed by atoms with Crippen LogP contribution in [-0.4, -0.2) is 46.8 Å². The molecule has 0 saturated carbocycles. The Morgan fingerprint density at radius 1 is 1.27 bits per heavy atom. The molecule has 3 heterocycles. The van der Waals surface area contributed by atoms with Crippen molar-refractivity contribution in [3.8, 4) is 17.5 Å². The number of amides is 1. The van der Waals surface area contributed by atoms with Crippen molar-refractivity contribution in [1.29, 1.82) is 0 Å². The molecule has 0 radical (unpaired) electrons. The number of rotatable bonds is 4. The summed E-state index contributed by atoms with van der Waals surface area (Å²) in [6.07, 6.45) is 6.11. The van der Waals surface area contributed by atoms with E-state index in [0.717, 1.165) is 24.8 Å². The van der Waals surface area contributed by atoms with Gasteiger partial charge in [0.15, 0.2) is 11.5 Å². The molecule has 0 N–H and O–H groups in total. The van der Waals surface area contributed by atoms with E-state index in [1.165, 1.54) is 0 Å². The summed E-state index contributed by atoms with van der Waals surface area (Å²) in [5.41, 5.74) is 1.67. The molecule has 4 rings (SSSR count). The smallest absolute Gasteiger partial charge is 0.316 e. The van der Waals surface area contributed by atoms with E-state index in [9.17, 15) is 4.79 Å². The summed E-state index contributed by atoms with van der Waals surface area (Å²) in [5, 5.41) is 0. The van der Waals surface area contributed by atoms with Gasteiger partial charge in [-0.2, -0.15) is 0 Å². The van der Waals surface area contributed by atoms with Crippen LogP contribution in [0, 0.1) is 0 Å². The Morgan fingerprint density at radius 2 is 2.08 bits per heavy atom. The molecule has 7 heteroatoms. The number of fused-ring (bicyclic) bond motifs is 1. The molecule has 1 unspecified atom stereocenters. The Morgan fingerprint density at radius 3 is 2.88 bits per heavy atom. The lowest BCUT2D eigenvalue weighted by atomic mass is 10.1. The molecule has 2 aliphatic heterocycles. The van der Waals surface area contributed by atoms with Crippen LogP contribution in [0.25, 0.3) is 0 Å². The first kappa shape index (κ1) is 16.6. The maximum atomic E-state index is 12.8. The number of aryl methyl sites for hydroxylation is 1. The zero-order valence-corrected chi connectivity index (χ0v) is 14.7. The molecular formula is C19H21N3O4. The van der Waals surface area contributed by atoms with E-state index in [2.05, 4.69) is 16.9 Å². The lowest BCUT2D eigenvalue weighted by molar-refractivity contribution is 0.0515. The molecule has 1 atom stereocenters. The quantitative estimate of drug-likeness (QED) is 0.839. The van der Waals surface area contributed by atoms with Crippen molar-refractivity contribution < 1.29 is 19.0 Å². The van der Waals surface area contributed by atoms with Crippen LogP contribution >= 0.6 is 0 Å². The van der Waals surface area contributed by atoms with Crippen molar-refractivity contribution in [2.24, 2.45) is 0 Å². The van der Waals surface area contributed by atoms with Gasteiger partial charge in [-0.3, -0.25) is 4.79 Å². The van der Waals surface area contributed by atoms with Crippen LogP contribution < -0.4 is 14.2 Å². The predicted octanol–water partition coefficient (Wildman–Crippen LogP) is 2.45. The summed E-state index contributed by atoms with van der Waals surface area (Å²) >= 11 is 0. The van der Waals surface area contributed by atoms with E-state index in [0.29, 0.717) is 36.2 Å². The van der Waals surface area contributed by atoms with Crippen molar-refractivity contribution >= 4 is 5.91 Å². The fourth-order valence-electron chi connectivity index (χ4n) is 3.17. The Kier molecular flexibility index (Phi) is 4.60. The van der Waals surface area contributed by atoms with E-state index in [4.69, 9.17) is 14.2 Å². The molecule has 0 spiro atoms. The molecule has 1 amide bonds. The van der Waals surface area contributed by atoms with E-state index in [-0.39, 0.29) is 18.8 Å². The minimum Gasteiger partial charge on any atom is -0.458 e. The van der Waals surface area contributed by atoms with Gasteiger partial charge in [-0.15, -0.1) is 0 Å². The number of hydrogen-bond acceptors (Lipinski definition) is 6. The lowest BCUT2D eigenvalue weighted by Gasteiger charge is -2.32. The Hall–Kier alpha value is -2.83. The van der Waals surface area contributed by atoms with Crippen LogP contribution in [0.5, 0.6) is 17.5 Å². The first-order chi connectivity index (χ1) is 12.7. The van der Waals surface area contributed by atoms with Crippen LogP contribution in [-0.2, 0) is 6.42 Å². The third-order valence-corrected chi connectivity index (χ3v) is 4.65. The number of ether oxygens (including phenoxy) is 3. The minimum atomic E-state index is -0.103. The Balaban J connectivity index is 1.41. The number of piperidine rings is 1. The fraction of sp³-hybridized carbons (Fsp3) is 0.421. The molecule has 26 heavy (non-hydrogen) atoms. The number of carbonyl (C=O) groups excluding carboxylic acids is 1. The van der Waals surface area contributed by atoms with Gasteiger partial charge >= 0.3 is 6.01 Å². The van der Waals surface area contributed by atoms with Gasteiger partial charge in [0.1, 0.15) is 6.10 Å². The van der Waals surface area contributed by atoms with E-state index in [1.807, 2.05) is 4.90 Å². The number of benzene rings is 1. The largest absolute Gasteiger partial charge is 0.458 e. The second-order valence-electron chi connectivity index (χ2n) is 6.43. The molecule has 1 fully saturated rings. The van der Waals surface area contributed by atoms with Gasteiger partial charge in [-0.1, -0.05) is 6.92 Å². The van der Waals surface area contributed by atoms with E-state index >= 15 is 0 Å². The van der Waals surface area contributed by atoms with Crippen LogP contribution in [0.3, 0.4) is 0 Å². The normalized spacial score (nSPS) is 18.7. The van der Waals surface area contributed by atoms with Gasteiger partial charge in [0, 0.05) is 24.5 Å². The average Bonchev–Trinajstić information content (AvgIpc) is 3.16. The summed E-state index contributed by atoms with van der Waals surface area (Å²) in [6.45, 7) is 3.48. The summed E-state index contributed by atoms with van der Waals surface area (Å²) in [6, 6.07) is 5.65. The van der Waals surface area contributed by atoms with Gasteiger partial charge in [-0.25, -0.2) is 9.97 Å². The van der Waals surface area contributed by atoms with E-state index in [1.54, 1.807) is 30.6 Å². The van der Waals surface area contributed by atoms with Crippen LogP contribution in [0.2, 0.25) is 0 Å². The topological polar surface area (TPSA) is 73.8 Å². The standard InChI is InChI=1S/C19H21N3O4/c1-2-13-9-20-19(21-10-13)26-15-4-3-7-22(11-15)18(23)14-5-6-16-17(8-14)25-12-24-16/h5-6,8-10,15H,2-4,7,11-12H2,1H3. The monoisotopic (exact) mass is 355 g/mol. The number of nitrogens with zero attached hydrogens (tertiary/aromatic N) is 3. The summed E-state index contributed by atoms with van der Waals surface area (Å²) in [5.74, 6) is 1.26. The predicted molar refractivity (Wildman–Crippen MR) is 93.5 cm³/mol. The lowest BCUT2D eigenvalue weighted by Crippen LogP contribution is -2.44. The first-order valence-corrected chi connectivity index (χ1v) is 8.89. The zero-order chi connectivity index (χ0) is 17.9. The zero-order valence-electron chi connectivity index (χ0n) is 14.7. The maximum absolute atomic E-state index is 12.8. The van der Waals surface area contributed by atoms with Gasteiger partial charge in [-0.05, 0) is 43.0 Å². The number of likely N-dealkylation sites (tertiary alicyclic amines) is 1. The van der Waals surface area contributed by atoms with Crippen molar-refractivity contribution in [3.05, 3.63) is 41.7 Å². The third kappa shape index (κ3) is 3.42. The highest BCUT2D eigenvalue weighted by molar-refractivity contribution is 5.95. The minimum absolute atomic E-state index is 0.0288. The fourth-order valence-corrected chi connectivity index (χ4v) is 3.17. The van der Waals surface area contributed by atoms with Crippen molar-refractivity contribution in [3.63, 3.8) is 0 Å². The highest BCUT2D eigenvalue weighted by Gasteiger charge is 2.27. The van der Waals surface area contributed by atoms with Gasteiger partial charge < -0.3 is 19.1 Å². The molecule has 136 valence electrons. The van der Waals surface area contributed by atoms with Gasteiger partial charge in [0.25, 0.3) is 5.91 Å². The van der Waals surface area contributed by atoms with E-state index < -0.39 is 0 Å². The van der Waals surface area contributed by atoms with Gasteiger partial charge in [0.2, 0.25) is 6.79 Å². The molecule has 1 saturated heterocycles. The molecule has 2 aromatic rings. The SMILES string of the molecule is CCc1cnc(OC2CCCN(C(=O)c3ccc4c(c3)OCO4)C2)nc1. The number of aromatic nitrogens is 2. The van der Waals surface area contributed by atoms with Crippen LogP contribution in [0.4, 0.5) is 0 Å². The van der Waals surface area contributed by atoms with Crippen LogP contribution in [0.1, 0.15) is 35.7 Å². The molecule has 0 aliphatic carbocycles. The average molecular weight is 355 g/mol. The van der Waals surface area contributed by atoms with Crippen molar-refractivity contribution in [2.45, 2.75) is 32.3 Å². The third-order valence-electron chi connectivity index (χ3n) is 4.65. The maximum Gasteiger partial charge on any atom is 0.316 e. The Labute approximate surface area is 151 Å². The summed E-state index contributed by atoms with van der Waals surface area (Å²) in [7, 11) is 0. The molecular weight excluding hydrogens is 334 g/mol. The number of carbonyl (C=O) groups is 1. The number of hydrogen-bond donors (Lipinski definition) is 0. The second kappa shape index (κ2) is 7.19. The Bertz CT molecular complexity index is 794. The molecule has 7 nitrogen and oxygen atoms in total. The highest BCUT2D eigenvalue weighted by atomic mass is 16.7. The molecule has 2 aliphatic rings. The van der Waals surface area contributed by atoms with Crippen molar-refractivity contribution in [2.75, 3.05) is 19.9 Å². The first-order valence-electron chi connectivity index (χ1n) is 8.89. The van der Waals surface area contributed by atoms with Gasteiger partial charge in [0.05, 0.1) is 6.54 Å². The summed E-state index contributed by atoms with van der Waals surface area (Å²) < 4.78 is 16.5. The van der Waals surface area contributed by atoms with Crippen molar-refractivity contribution in [1.82, 2.24) is 14.9 Å². The highest BCUT2D eigenvalue weighted by Crippen LogP contribution is 2.33. The molecule has 1 aromatic carbocycles.